The number of hydrogen-bond acceptors (Lipinski definition) is 2. The van der Waals surface area contributed by atoms with E-state index in [0.717, 1.165) is 30.2 Å². The zero-order valence-corrected chi connectivity index (χ0v) is 10.6. The molecule has 0 spiro atoms. The first-order chi connectivity index (χ1) is 8.72. The molecule has 1 heterocycles. The van der Waals surface area contributed by atoms with E-state index in [1.807, 2.05) is 41.2 Å². The number of aromatic nitrogens is 1. The van der Waals surface area contributed by atoms with Gasteiger partial charge in [-0.1, -0.05) is 38.0 Å². The highest BCUT2D eigenvalue weighted by atomic mass is 16.1. The van der Waals surface area contributed by atoms with Gasteiger partial charge in [-0.2, -0.15) is 0 Å². The van der Waals surface area contributed by atoms with Gasteiger partial charge in [-0.3, -0.25) is 9.47 Å². The summed E-state index contributed by atoms with van der Waals surface area (Å²) in [4.78, 5) is 11.4. The smallest absolute Gasteiger partial charge is 0.241 e. The van der Waals surface area contributed by atoms with E-state index in [1.54, 1.807) is 0 Å². The second kappa shape index (κ2) is 5.58. The topological polar surface area (TPSA) is 60.1 Å². The summed E-state index contributed by atoms with van der Waals surface area (Å²) in [6.07, 6.45) is 4.72. The molecule has 0 saturated carbocycles. The minimum Gasteiger partial charge on any atom is -0.368 e. The Morgan fingerprint density at radius 2 is 2.17 bits per heavy atom. The van der Waals surface area contributed by atoms with Gasteiger partial charge in [0, 0.05) is 11.6 Å². The SMILES string of the molecule is CCCCC(Nn1ccc2ccccc21)C(N)=O. The number of rotatable bonds is 6. The Morgan fingerprint density at radius 3 is 2.89 bits per heavy atom. The lowest BCUT2D eigenvalue weighted by Gasteiger charge is -2.18. The van der Waals surface area contributed by atoms with Crippen LogP contribution in [0.3, 0.4) is 0 Å². The zero-order valence-electron chi connectivity index (χ0n) is 10.6. The summed E-state index contributed by atoms with van der Waals surface area (Å²) in [6, 6.07) is 9.72. The molecule has 2 aromatic rings. The summed E-state index contributed by atoms with van der Waals surface area (Å²) in [5.74, 6) is -0.304. The van der Waals surface area contributed by atoms with Gasteiger partial charge in [-0.05, 0) is 18.6 Å². The average Bonchev–Trinajstić information content (AvgIpc) is 2.77. The average molecular weight is 245 g/mol. The fourth-order valence-electron chi connectivity index (χ4n) is 2.04. The van der Waals surface area contributed by atoms with Crippen molar-refractivity contribution >= 4 is 16.8 Å². The maximum Gasteiger partial charge on any atom is 0.241 e. The second-order valence-electron chi connectivity index (χ2n) is 4.47. The van der Waals surface area contributed by atoms with Gasteiger partial charge in [0.25, 0.3) is 0 Å². The number of nitrogens with two attached hydrogens (primary N) is 1. The van der Waals surface area contributed by atoms with Crippen LogP contribution in [0.1, 0.15) is 26.2 Å². The Labute approximate surface area is 107 Å². The van der Waals surface area contributed by atoms with Crippen molar-refractivity contribution in [1.29, 1.82) is 0 Å². The summed E-state index contributed by atoms with van der Waals surface area (Å²) in [5, 5.41) is 1.14. The quantitative estimate of drug-likeness (QED) is 0.819. The van der Waals surface area contributed by atoms with Crippen molar-refractivity contribution in [2.75, 3.05) is 5.43 Å². The van der Waals surface area contributed by atoms with Crippen LogP contribution in [0.4, 0.5) is 0 Å². The number of carbonyl (C=O) groups excluding carboxylic acids is 1. The van der Waals surface area contributed by atoms with Crippen LogP contribution in [0.2, 0.25) is 0 Å². The third kappa shape index (κ3) is 2.64. The first kappa shape index (κ1) is 12.5. The van der Waals surface area contributed by atoms with E-state index < -0.39 is 0 Å². The number of hydrogen-bond donors (Lipinski definition) is 2. The number of primary amides is 1. The Bertz CT molecular complexity index is 533. The minimum atomic E-state index is -0.319. The first-order valence-electron chi connectivity index (χ1n) is 6.34. The molecule has 4 heteroatoms. The highest BCUT2D eigenvalue weighted by molar-refractivity contribution is 5.83. The van der Waals surface area contributed by atoms with Crippen molar-refractivity contribution in [2.45, 2.75) is 32.2 Å². The molecule has 96 valence electrons. The van der Waals surface area contributed by atoms with Crippen LogP contribution in [-0.2, 0) is 4.79 Å². The van der Waals surface area contributed by atoms with Gasteiger partial charge in [0.05, 0.1) is 5.52 Å². The van der Waals surface area contributed by atoms with Crippen LogP contribution in [0.15, 0.2) is 36.5 Å². The second-order valence-corrected chi connectivity index (χ2v) is 4.47. The molecule has 0 aliphatic heterocycles. The van der Waals surface area contributed by atoms with E-state index in [0.29, 0.717) is 0 Å². The molecular weight excluding hydrogens is 226 g/mol. The van der Waals surface area contributed by atoms with Crippen LogP contribution in [0.25, 0.3) is 10.9 Å². The third-order valence-electron chi connectivity index (χ3n) is 3.08. The lowest BCUT2D eigenvalue weighted by Crippen LogP contribution is -2.39. The molecule has 0 bridgehead atoms. The maximum atomic E-state index is 11.4. The fraction of sp³-hybridized carbons (Fsp3) is 0.357. The summed E-state index contributed by atoms with van der Waals surface area (Å²) in [7, 11) is 0. The molecule has 18 heavy (non-hydrogen) atoms. The molecule has 0 aliphatic rings. The predicted molar refractivity (Wildman–Crippen MR) is 73.8 cm³/mol. The van der Waals surface area contributed by atoms with Crippen molar-refractivity contribution in [3.8, 4) is 0 Å². The number of unbranched alkanes of at least 4 members (excludes halogenated alkanes) is 1. The lowest BCUT2D eigenvalue weighted by atomic mass is 10.1. The molecule has 1 aromatic carbocycles. The molecule has 1 amide bonds. The highest BCUT2D eigenvalue weighted by Gasteiger charge is 2.14. The van der Waals surface area contributed by atoms with Gasteiger partial charge in [0.2, 0.25) is 5.91 Å². The predicted octanol–water partition coefficient (Wildman–Crippen LogP) is 2.23. The van der Waals surface area contributed by atoms with Crippen LogP contribution >= 0.6 is 0 Å². The maximum absolute atomic E-state index is 11.4. The summed E-state index contributed by atoms with van der Waals surface area (Å²) in [5.41, 5.74) is 9.66. The van der Waals surface area contributed by atoms with Crippen molar-refractivity contribution in [2.24, 2.45) is 5.73 Å². The molecule has 1 aromatic heterocycles. The van der Waals surface area contributed by atoms with Gasteiger partial charge in [-0.25, -0.2) is 0 Å². The van der Waals surface area contributed by atoms with E-state index in [4.69, 9.17) is 5.73 Å². The Kier molecular flexibility index (Phi) is 3.87. The molecular formula is C14H19N3O. The lowest BCUT2D eigenvalue weighted by molar-refractivity contribution is -0.119. The molecule has 1 unspecified atom stereocenters. The number of benzene rings is 1. The standard InChI is InChI=1S/C14H19N3O/c1-2-3-7-12(14(15)18)16-17-10-9-11-6-4-5-8-13(11)17/h4-6,8-10,12,16H,2-3,7H2,1H3,(H2,15,18). The molecule has 0 saturated heterocycles. The molecule has 0 fully saturated rings. The van der Waals surface area contributed by atoms with E-state index >= 15 is 0 Å². The highest BCUT2D eigenvalue weighted by Crippen LogP contribution is 2.14. The van der Waals surface area contributed by atoms with E-state index in [2.05, 4.69) is 12.3 Å². The zero-order chi connectivity index (χ0) is 13.0. The van der Waals surface area contributed by atoms with E-state index in [-0.39, 0.29) is 11.9 Å². The van der Waals surface area contributed by atoms with E-state index in [1.165, 1.54) is 0 Å². The van der Waals surface area contributed by atoms with E-state index in [9.17, 15) is 4.79 Å². The van der Waals surface area contributed by atoms with Gasteiger partial charge >= 0.3 is 0 Å². The number of nitrogens with one attached hydrogen (secondary N) is 1. The van der Waals surface area contributed by atoms with Gasteiger partial charge in [0.1, 0.15) is 6.04 Å². The van der Waals surface area contributed by atoms with Crippen molar-refractivity contribution in [3.05, 3.63) is 36.5 Å². The van der Waals surface area contributed by atoms with Crippen molar-refractivity contribution < 1.29 is 4.79 Å². The summed E-state index contributed by atoms with van der Waals surface area (Å²) >= 11 is 0. The molecule has 0 aliphatic carbocycles. The Morgan fingerprint density at radius 1 is 1.39 bits per heavy atom. The molecule has 2 rings (SSSR count). The van der Waals surface area contributed by atoms with Crippen LogP contribution < -0.4 is 11.2 Å². The van der Waals surface area contributed by atoms with Crippen LogP contribution in [-0.4, -0.2) is 16.6 Å². The minimum absolute atomic E-state index is 0.304. The molecule has 0 radical (unpaired) electrons. The number of nitrogens with zero attached hydrogens (tertiary/aromatic N) is 1. The van der Waals surface area contributed by atoms with Gasteiger partial charge in [0.15, 0.2) is 0 Å². The van der Waals surface area contributed by atoms with Crippen LogP contribution in [0.5, 0.6) is 0 Å². The van der Waals surface area contributed by atoms with Gasteiger partial charge < -0.3 is 11.2 Å². The van der Waals surface area contributed by atoms with Crippen molar-refractivity contribution in [3.63, 3.8) is 0 Å². The third-order valence-corrected chi connectivity index (χ3v) is 3.08. The summed E-state index contributed by atoms with van der Waals surface area (Å²) < 4.78 is 1.88. The number of carbonyl (C=O) groups is 1. The van der Waals surface area contributed by atoms with Crippen molar-refractivity contribution in [1.82, 2.24) is 4.68 Å². The molecule has 3 N–H and O–H groups in total. The van der Waals surface area contributed by atoms with Gasteiger partial charge in [-0.15, -0.1) is 0 Å². The Hall–Kier alpha value is -1.97. The monoisotopic (exact) mass is 245 g/mol. The number of para-hydroxylation sites is 1. The largest absolute Gasteiger partial charge is 0.368 e. The molecule has 1 atom stereocenters. The summed E-state index contributed by atoms with van der Waals surface area (Å²) in [6.45, 7) is 2.10. The fourth-order valence-corrected chi connectivity index (χ4v) is 2.04. The Balaban J connectivity index is 2.18. The first-order valence-corrected chi connectivity index (χ1v) is 6.34. The normalized spacial score (nSPS) is 12.5. The van der Waals surface area contributed by atoms with Crippen LogP contribution in [0, 0.1) is 0 Å². The number of amides is 1. The molecule has 4 nitrogen and oxygen atoms in total. The number of fused-ring (bicyclic) bond motifs is 1.